The van der Waals surface area contributed by atoms with Crippen LogP contribution in [0, 0.1) is 0 Å². The SMILES string of the molecule is COCCc1ccc(Oc2cc(Br)ncn2)cc1. The van der Waals surface area contributed by atoms with Gasteiger partial charge in [-0.1, -0.05) is 12.1 Å². The van der Waals surface area contributed by atoms with E-state index in [0.717, 1.165) is 18.8 Å². The molecule has 0 N–H and O–H groups in total. The van der Waals surface area contributed by atoms with Gasteiger partial charge in [-0.25, -0.2) is 9.97 Å². The van der Waals surface area contributed by atoms with Crippen LogP contribution in [0.5, 0.6) is 11.6 Å². The van der Waals surface area contributed by atoms with Gasteiger partial charge >= 0.3 is 0 Å². The molecule has 1 aromatic heterocycles. The Morgan fingerprint density at radius 1 is 1.17 bits per heavy atom. The first kappa shape index (κ1) is 13.0. The van der Waals surface area contributed by atoms with E-state index in [1.807, 2.05) is 24.3 Å². The van der Waals surface area contributed by atoms with Crippen LogP contribution in [-0.4, -0.2) is 23.7 Å². The molecular weight excluding hydrogens is 296 g/mol. The van der Waals surface area contributed by atoms with Gasteiger partial charge in [0.25, 0.3) is 0 Å². The van der Waals surface area contributed by atoms with Crippen molar-refractivity contribution in [2.45, 2.75) is 6.42 Å². The number of benzene rings is 1. The van der Waals surface area contributed by atoms with Crippen LogP contribution in [0.15, 0.2) is 41.3 Å². The van der Waals surface area contributed by atoms with Gasteiger partial charge in [-0.15, -0.1) is 0 Å². The van der Waals surface area contributed by atoms with Crippen LogP contribution >= 0.6 is 15.9 Å². The van der Waals surface area contributed by atoms with E-state index in [0.29, 0.717) is 10.5 Å². The summed E-state index contributed by atoms with van der Waals surface area (Å²) < 4.78 is 11.3. The lowest BCUT2D eigenvalue weighted by Crippen LogP contribution is -1.94. The minimum Gasteiger partial charge on any atom is -0.439 e. The Balaban J connectivity index is 2.02. The lowest BCUT2D eigenvalue weighted by Gasteiger charge is -2.05. The van der Waals surface area contributed by atoms with E-state index in [1.165, 1.54) is 11.9 Å². The fourth-order valence-corrected chi connectivity index (χ4v) is 1.73. The minimum absolute atomic E-state index is 0.515. The van der Waals surface area contributed by atoms with Crippen LogP contribution in [0.3, 0.4) is 0 Å². The first-order chi connectivity index (χ1) is 8.78. The molecule has 4 nitrogen and oxygen atoms in total. The van der Waals surface area contributed by atoms with Crippen molar-refractivity contribution in [3.63, 3.8) is 0 Å². The van der Waals surface area contributed by atoms with Crippen molar-refractivity contribution in [3.05, 3.63) is 46.8 Å². The van der Waals surface area contributed by atoms with Gasteiger partial charge in [0, 0.05) is 13.2 Å². The zero-order valence-electron chi connectivity index (χ0n) is 9.97. The van der Waals surface area contributed by atoms with Gasteiger partial charge in [-0.3, -0.25) is 0 Å². The highest BCUT2D eigenvalue weighted by Crippen LogP contribution is 2.21. The van der Waals surface area contributed by atoms with Gasteiger partial charge in [0.15, 0.2) is 0 Å². The van der Waals surface area contributed by atoms with Crippen molar-refractivity contribution in [2.75, 3.05) is 13.7 Å². The molecule has 0 bridgehead atoms. The lowest BCUT2D eigenvalue weighted by molar-refractivity contribution is 0.202. The molecule has 2 rings (SSSR count). The highest BCUT2D eigenvalue weighted by atomic mass is 79.9. The van der Waals surface area contributed by atoms with E-state index in [1.54, 1.807) is 13.2 Å². The molecule has 0 fully saturated rings. The van der Waals surface area contributed by atoms with Gasteiger partial charge < -0.3 is 9.47 Å². The van der Waals surface area contributed by atoms with Gasteiger partial charge in [0.1, 0.15) is 16.7 Å². The first-order valence-electron chi connectivity index (χ1n) is 5.51. The number of ether oxygens (including phenoxy) is 2. The topological polar surface area (TPSA) is 44.2 Å². The Bertz CT molecular complexity index is 503. The standard InChI is InChI=1S/C13H13BrN2O2/c1-17-7-6-10-2-4-11(5-3-10)18-13-8-12(14)15-9-16-13/h2-5,8-9H,6-7H2,1H3. The molecule has 0 aliphatic heterocycles. The molecule has 0 spiro atoms. The molecule has 1 heterocycles. The smallest absolute Gasteiger partial charge is 0.223 e. The molecule has 0 saturated carbocycles. The van der Waals surface area contributed by atoms with Gasteiger partial charge in [0.05, 0.1) is 6.61 Å². The second-order valence-electron chi connectivity index (χ2n) is 3.67. The maximum absolute atomic E-state index is 5.61. The zero-order valence-corrected chi connectivity index (χ0v) is 11.6. The summed E-state index contributed by atoms with van der Waals surface area (Å²) in [7, 11) is 1.70. The number of halogens is 1. The molecule has 0 saturated heterocycles. The molecular formula is C13H13BrN2O2. The molecule has 0 atom stereocenters. The van der Waals surface area contributed by atoms with Gasteiger partial charge in [-0.05, 0) is 40.0 Å². The summed E-state index contributed by atoms with van der Waals surface area (Å²) in [6, 6.07) is 9.59. The fourth-order valence-electron chi connectivity index (χ4n) is 1.44. The maximum Gasteiger partial charge on any atom is 0.223 e. The van der Waals surface area contributed by atoms with E-state index in [9.17, 15) is 0 Å². The van der Waals surface area contributed by atoms with E-state index in [4.69, 9.17) is 9.47 Å². The third kappa shape index (κ3) is 3.78. The quantitative estimate of drug-likeness (QED) is 0.796. The summed E-state index contributed by atoms with van der Waals surface area (Å²) in [5.41, 5.74) is 1.22. The van der Waals surface area contributed by atoms with Crippen molar-refractivity contribution >= 4 is 15.9 Å². The van der Waals surface area contributed by atoms with Crippen molar-refractivity contribution in [3.8, 4) is 11.6 Å². The van der Waals surface area contributed by atoms with Crippen LogP contribution in [0.1, 0.15) is 5.56 Å². The second kappa shape index (κ2) is 6.47. The summed E-state index contributed by atoms with van der Waals surface area (Å²) >= 11 is 3.27. The van der Waals surface area contributed by atoms with Gasteiger partial charge in [-0.2, -0.15) is 0 Å². The average molecular weight is 309 g/mol. The van der Waals surface area contributed by atoms with Crippen molar-refractivity contribution in [1.82, 2.24) is 9.97 Å². The molecule has 0 unspecified atom stereocenters. The predicted molar refractivity (Wildman–Crippen MR) is 71.8 cm³/mol. The number of rotatable bonds is 5. The number of hydrogen-bond donors (Lipinski definition) is 0. The normalized spacial score (nSPS) is 10.3. The number of nitrogens with zero attached hydrogens (tertiary/aromatic N) is 2. The Kier molecular flexibility index (Phi) is 4.66. The molecule has 0 aliphatic rings. The summed E-state index contributed by atoms with van der Waals surface area (Å²) in [4.78, 5) is 7.96. The third-order valence-electron chi connectivity index (χ3n) is 2.35. The molecule has 1 aromatic carbocycles. The predicted octanol–water partition coefficient (Wildman–Crippen LogP) is 3.22. The minimum atomic E-state index is 0.515. The average Bonchev–Trinajstić information content (AvgIpc) is 2.38. The molecule has 0 radical (unpaired) electrons. The number of hydrogen-bond acceptors (Lipinski definition) is 4. The molecule has 5 heteroatoms. The molecule has 94 valence electrons. The first-order valence-corrected chi connectivity index (χ1v) is 6.30. The molecule has 2 aromatic rings. The molecule has 0 aliphatic carbocycles. The van der Waals surface area contributed by atoms with Crippen LogP contribution in [0.4, 0.5) is 0 Å². The Morgan fingerprint density at radius 2 is 1.94 bits per heavy atom. The van der Waals surface area contributed by atoms with Crippen LogP contribution in [-0.2, 0) is 11.2 Å². The third-order valence-corrected chi connectivity index (χ3v) is 2.78. The lowest BCUT2D eigenvalue weighted by atomic mass is 10.1. The van der Waals surface area contributed by atoms with Crippen LogP contribution in [0.25, 0.3) is 0 Å². The van der Waals surface area contributed by atoms with Gasteiger partial charge in [0.2, 0.25) is 5.88 Å². The molecule has 18 heavy (non-hydrogen) atoms. The summed E-state index contributed by atoms with van der Waals surface area (Å²) in [5.74, 6) is 1.27. The van der Waals surface area contributed by atoms with Crippen molar-refractivity contribution in [2.24, 2.45) is 0 Å². The second-order valence-corrected chi connectivity index (χ2v) is 4.48. The van der Waals surface area contributed by atoms with E-state index in [-0.39, 0.29) is 0 Å². The summed E-state index contributed by atoms with van der Waals surface area (Å²) in [5, 5.41) is 0. The van der Waals surface area contributed by atoms with E-state index < -0.39 is 0 Å². The molecule has 0 amide bonds. The highest BCUT2D eigenvalue weighted by Gasteiger charge is 2.00. The number of methoxy groups -OCH3 is 1. The van der Waals surface area contributed by atoms with Crippen LogP contribution < -0.4 is 4.74 Å². The summed E-state index contributed by atoms with van der Waals surface area (Å²) in [6.45, 7) is 0.721. The highest BCUT2D eigenvalue weighted by molar-refractivity contribution is 9.10. The Morgan fingerprint density at radius 3 is 2.61 bits per heavy atom. The van der Waals surface area contributed by atoms with Crippen molar-refractivity contribution in [1.29, 1.82) is 0 Å². The maximum atomic E-state index is 5.61. The summed E-state index contributed by atoms with van der Waals surface area (Å²) in [6.07, 6.45) is 2.35. The Labute approximate surface area is 114 Å². The fraction of sp³-hybridized carbons (Fsp3) is 0.231. The monoisotopic (exact) mass is 308 g/mol. The number of aromatic nitrogens is 2. The van der Waals surface area contributed by atoms with E-state index in [2.05, 4.69) is 25.9 Å². The van der Waals surface area contributed by atoms with Crippen LogP contribution in [0.2, 0.25) is 0 Å². The Hall–Kier alpha value is -1.46. The largest absolute Gasteiger partial charge is 0.439 e. The van der Waals surface area contributed by atoms with E-state index >= 15 is 0 Å². The van der Waals surface area contributed by atoms with Crippen molar-refractivity contribution < 1.29 is 9.47 Å². The zero-order chi connectivity index (χ0) is 12.8.